The molecule has 2 N–H and O–H groups in total. The minimum absolute atomic E-state index is 0.0316. The van der Waals surface area contributed by atoms with E-state index in [1.807, 2.05) is 56.3 Å². The molecule has 0 bridgehead atoms. The van der Waals surface area contributed by atoms with Crippen molar-refractivity contribution in [1.82, 2.24) is 5.32 Å². The molecule has 27 heavy (non-hydrogen) atoms. The zero-order valence-electron chi connectivity index (χ0n) is 15.8. The number of nitrogens with one attached hydrogen (secondary N) is 2. The summed E-state index contributed by atoms with van der Waals surface area (Å²) >= 11 is 1.53. The number of hydrogen-bond donors (Lipinski definition) is 2. The first-order chi connectivity index (χ1) is 13.0. The minimum Gasteiger partial charge on any atom is -0.349 e. The Kier molecular flexibility index (Phi) is 6.56. The summed E-state index contributed by atoms with van der Waals surface area (Å²) in [5, 5.41) is 5.87. The summed E-state index contributed by atoms with van der Waals surface area (Å²) in [7, 11) is 0. The van der Waals surface area contributed by atoms with Crippen LogP contribution in [0, 0.1) is 6.92 Å². The molecule has 4 nitrogen and oxygen atoms in total. The van der Waals surface area contributed by atoms with Crippen LogP contribution in [-0.4, -0.2) is 23.1 Å². The molecule has 0 spiro atoms. The van der Waals surface area contributed by atoms with Crippen LogP contribution >= 0.6 is 11.8 Å². The Morgan fingerprint density at radius 3 is 2.44 bits per heavy atom. The lowest BCUT2D eigenvalue weighted by atomic mass is 10.1. The molecule has 0 aromatic heterocycles. The predicted octanol–water partition coefficient (Wildman–Crippen LogP) is 4.79. The Balaban J connectivity index is 1.59. The second-order valence-electron chi connectivity index (χ2n) is 7.05. The molecule has 1 aliphatic carbocycles. The molecule has 1 unspecified atom stereocenters. The molecule has 3 rings (SSSR count). The number of carbonyl (C=O) groups is 2. The monoisotopic (exact) mass is 382 g/mol. The standard InChI is InChI=1S/C22H26N2O2S/c1-15-14-17(22(26)23-18-8-6-7-9-18)12-13-20(15)24-21(25)16(2)27-19-10-4-3-5-11-19/h3-5,10-14,16,18H,6-9H2,1-2H3,(H,23,26)(H,24,25). The second-order valence-corrected chi connectivity index (χ2v) is 8.46. The molecule has 1 atom stereocenters. The summed E-state index contributed by atoms with van der Waals surface area (Å²) in [4.78, 5) is 26.0. The highest BCUT2D eigenvalue weighted by Crippen LogP contribution is 2.25. The zero-order valence-corrected chi connectivity index (χ0v) is 16.6. The van der Waals surface area contributed by atoms with Gasteiger partial charge in [-0.15, -0.1) is 11.8 Å². The summed E-state index contributed by atoms with van der Waals surface area (Å²) in [5.41, 5.74) is 2.28. The Morgan fingerprint density at radius 2 is 1.78 bits per heavy atom. The van der Waals surface area contributed by atoms with Gasteiger partial charge < -0.3 is 10.6 Å². The van der Waals surface area contributed by atoms with Crippen LogP contribution < -0.4 is 10.6 Å². The maximum atomic E-state index is 12.5. The fraction of sp³-hybridized carbons (Fsp3) is 0.364. The SMILES string of the molecule is Cc1cc(C(=O)NC2CCCC2)ccc1NC(=O)C(C)Sc1ccccc1. The highest BCUT2D eigenvalue weighted by Gasteiger charge is 2.19. The van der Waals surface area contributed by atoms with Gasteiger partial charge in [0, 0.05) is 22.2 Å². The summed E-state index contributed by atoms with van der Waals surface area (Å²) in [5.74, 6) is -0.0778. The van der Waals surface area contributed by atoms with Gasteiger partial charge in [-0.05, 0) is 62.6 Å². The normalized spacial score (nSPS) is 15.3. The smallest absolute Gasteiger partial charge is 0.251 e. The molecule has 2 aromatic rings. The van der Waals surface area contributed by atoms with E-state index in [0.29, 0.717) is 11.6 Å². The van der Waals surface area contributed by atoms with Crippen molar-refractivity contribution in [1.29, 1.82) is 0 Å². The maximum absolute atomic E-state index is 12.5. The lowest BCUT2D eigenvalue weighted by molar-refractivity contribution is -0.115. The van der Waals surface area contributed by atoms with Crippen LogP contribution in [0.2, 0.25) is 0 Å². The first kappa shape index (κ1) is 19.5. The Bertz CT molecular complexity index is 801. The van der Waals surface area contributed by atoms with E-state index in [0.717, 1.165) is 29.0 Å². The summed E-state index contributed by atoms with van der Waals surface area (Å²) in [6.45, 7) is 3.81. The zero-order chi connectivity index (χ0) is 19.2. The third-order valence-electron chi connectivity index (χ3n) is 4.86. The number of rotatable bonds is 6. The van der Waals surface area contributed by atoms with Gasteiger partial charge in [0.1, 0.15) is 0 Å². The van der Waals surface area contributed by atoms with Crippen LogP contribution in [0.5, 0.6) is 0 Å². The maximum Gasteiger partial charge on any atom is 0.251 e. The van der Waals surface area contributed by atoms with Crippen molar-refractivity contribution in [2.24, 2.45) is 0 Å². The van der Waals surface area contributed by atoms with Crippen molar-refractivity contribution in [3.8, 4) is 0 Å². The molecule has 142 valence electrons. The van der Waals surface area contributed by atoms with Crippen LogP contribution in [0.15, 0.2) is 53.4 Å². The lowest BCUT2D eigenvalue weighted by Crippen LogP contribution is -2.32. The van der Waals surface area contributed by atoms with Crippen LogP contribution in [0.25, 0.3) is 0 Å². The van der Waals surface area contributed by atoms with Crippen molar-refractivity contribution < 1.29 is 9.59 Å². The number of aryl methyl sites for hydroxylation is 1. The minimum atomic E-state index is -0.211. The van der Waals surface area contributed by atoms with Gasteiger partial charge in [0.05, 0.1) is 5.25 Å². The van der Waals surface area contributed by atoms with Crippen molar-refractivity contribution in [2.45, 2.75) is 55.7 Å². The van der Waals surface area contributed by atoms with E-state index in [4.69, 9.17) is 0 Å². The van der Waals surface area contributed by atoms with E-state index in [9.17, 15) is 9.59 Å². The van der Waals surface area contributed by atoms with E-state index in [-0.39, 0.29) is 17.1 Å². The number of carbonyl (C=O) groups excluding carboxylic acids is 2. The number of amides is 2. The van der Waals surface area contributed by atoms with Crippen LogP contribution in [-0.2, 0) is 4.79 Å². The van der Waals surface area contributed by atoms with Gasteiger partial charge in [0.2, 0.25) is 5.91 Å². The molecule has 0 radical (unpaired) electrons. The van der Waals surface area contributed by atoms with Gasteiger partial charge in [-0.3, -0.25) is 9.59 Å². The molecule has 1 fully saturated rings. The highest BCUT2D eigenvalue weighted by molar-refractivity contribution is 8.00. The first-order valence-electron chi connectivity index (χ1n) is 9.47. The molecule has 2 amide bonds. The molecule has 1 saturated carbocycles. The molecular formula is C22H26N2O2S. The number of benzene rings is 2. The Morgan fingerprint density at radius 1 is 1.07 bits per heavy atom. The molecule has 0 heterocycles. The first-order valence-corrected chi connectivity index (χ1v) is 10.3. The van der Waals surface area contributed by atoms with Gasteiger partial charge in [-0.1, -0.05) is 31.0 Å². The van der Waals surface area contributed by atoms with Gasteiger partial charge in [-0.2, -0.15) is 0 Å². The topological polar surface area (TPSA) is 58.2 Å². The molecule has 2 aromatic carbocycles. The van der Waals surface area contributed by atoms with Gasteiger partial charge >= 0.3 is 0 Å². The predicted molar refractivity (Wildman–Crippen MR) is 111 cm³/mol. The number of hydrogen-bond acceptors (Lipinski definition) is 3. The van der Waals surface area contributed by atoms with Crippen LogP contribution in [0.4, 0.5) is 5.69 Å². The Labute approximate surface area is 165 Å². The van der Waals surface area contributed by atoms with E-state index >= 15 is 0 Å². The van der Waals surface area contributed by atoms with Crippen molar-refractivity contribution in [3.63, 3.8) is 0 Å². The molecular weight excluding hydrogens is 356 g/mol. The highest BCUT2D eigenvalue weighted by atomic mass is 32.2. The third-order valence-corrected chi connectivity index (χ3v) is 5.97. The van der Waals surface area contributed by atoms with E-state index in [1.165, 1.54) is 24.6 Å². The summed E-state index contributed by atoms with van der Waals surface area (Å²) in [6, 6.07) is 15.6. The fourth-order valence-corrected chi connectivity index (χ4v) is 4.16. The van der Waals surface area contributed by atoms with E-state index in [2.05, 4.69) is 10.6 Å². The summed E-state index contributed by atoms with van der Waals surface area (Å²) < 4.78 is 0. The van der Waals surface area contributed by atoms with E-state index < -0.39 is 0 Å². The van der Waals surface area contributed by atoms with Crippen molar-refractivity contribution in [2.75, 3.05) is 5.32 Å². The lowest BCUT2D eigenvalue weighted by Gasteiger charge is -2.15. The number of thioether (sulfide) groups is 1. The van der Waals surface area contributed by atoms with Gasteiger partial charge in [0.25, 0.3) is 5.91 Å². The molecule has 0 aliphatic heterocycles. The average molecular weight is 383 g/mol. The molecule has 0 saturated heterocycles. The second kappa shape index (κ2) is 9.09. The number of anilines is 1. The molecule has 1 aliphatic rings. The van der Waals surface area contributed by atoms with E-state index in [1.54, 1.807) is 6.07 Å². The quantitative estimate of drug-likeness (QED) is 0.707. The Hall–Kier alpha value is -2.27. The van der Waals surface area contributed by atoms with Crippen LogP contribution in [0.1, 0.15) is 48.5 Å². The summed E-state index contributed by atoms with van der Waals surface area (Å²) in [6.07, 6.45) is 4.51. The van der Waals surface area contributed by atoms with Gasteiger partial charge in [-0.25, -0.2) is 0 Å². The molecule has 5 heteroatoms. The van der Waals surface area contributed by atoms with Crippen molar-refractivity contribution in [3.05, 3.63) is 59.7 Å². The fourth-order valence-electron chi connectivity index (χ4n) is 3.28. The van der Waals surface area contributed by atoms with Gasteiger partial charge in [0.15, 0.2) is 0 Å². The van der Waals surface area contributed by atoms with Crippen LogP contribution in [0.3, 0.4) is 0 Å². The average Bonchev–Trinajstić information content (AvgIpc) is 3.17. The van der Waals surface area contributed by atoms with Crippen molar-refractivity contribution >= 4 is 29.3 Å². The third kappa shape index (κ3) is 5.36. The largest absolute Gasteiger partial charge is 0.349 e.